The van der Waals surface area contributed by atoms with Gasteiger partial charge in [-0.25, -0.2) is 0 Å². The van der Waals surface area contributed by atoms with Gasteiger partial charge in [0.25, 0.3) is 0 Å². The van der Waals surface area contributed by atoms with Gasteiger partial charge in [-0.05, 0) is 37.6 Å². The van der Waals surface area contributed by atoms with Gasteiger partial charge in [0, 0.05) is 29.1 Å². The normalized spacial score (nSPS) is 22.4. The van der Waals surface area contributed by atoms with E-state index in [1.54, 1.807) is 0 Å². The van der Waals surface area contributed by atoms with Gasteiger partial charge in [0.15, 0.2) is 12.6 Å². The summed E-state index contributed by atoms with van der Waals surface area (Å²) in [6.07, 6.45) is 3.47. The number of ketones is 1. The van der Waals surface area contributed by atoms with E-state index in [0.29, 0.717) is 30.4 Å². The van der Waals surface area contributed by atoms with Crippen molar-refractivity contribution >= 4 is 17.4 Å². The molecular formula is C22H24ClNO3. The van der Waals surface area contributed by atoms with E-state index < -0.39 is 5.54 Å². The molecule has 2 aromatic rings. The maximum absolute atomic E-state index is 13.2. The molecule has 1 saturated carbocycles. The molecular weight excluding hydrogens is 362 g/mol. The van der Waals surface area contributed by atoms with Crippen LogP contribution in [0.4, 0.5) is 0 Å². The van der Waals surface area contributed by atoms with Crippen LogP contribution in [0.25, 0.3) is 0 Å². The minimum atomic E-state index is -0.597. The van der Waals surface area contributed by atoms with Crippen LogP contribution in [0.3, 0.4) is 0 Å². The van der Waals surface area contributed by atoms with E-state index >= 15 is 0 Å². The molecule has 1 fully saturated rings. The van der Waals surface area contributed by atoms with Gasteiger partial charge in [0.2, 0.25) is 0 Å². The Morgan fingerprint density at radius 1 is 1.19 bits per heavy atom. The molecule has 0 saturated heterocycles. The van der Waals surface area contributed by atoms with Crippen LogP contribution >= 0.6 is 11.6 Å². The first-order valence-electron chi connectivity index (χ1n) is 9.43. The lowest BCUT2D eigenvalue weighted by Crippen LogP contribution is -2.51. The Morgan fingerprint density at radius 3 is 2.78 bits per heavy atom. The molecule has 0 bridgehead atoms. The highest BCUT2D eigenvalue weighted by Crippen LogP contribution is 2.41. The standard InChI is InChI=1S/C22H24ClNO3/c1-24(13-16-11-19(23)12-17-14-26-15-27-21(16)17)22(10-6-5-9-20(22)25)18-7-3-2-4-8-18/h2-4,7-8,11-12H,5-6,9-10,13-15H2,1H3/t22-/m0/s1. The molecule has 1 atom stereocenters. The van der Waals surface area contributed by atoms with Crippen molar-refractivity contribution in [3.05, 3.63) is 64.2 Å². The molecule has 0 radical (unpaired) electrons. The van der Waals surface area contributed by atoms with E-state index in [2.05, 4.69) is 17.0 Å². The van der Waals surface area contributed by atoms with Crippen molar-refractivity contribution in [3.63, 3.8) is 0 Å². The van der Waals surface area contributed by atoms with Gasteiger partial charge in [-0.15, -0.1) is 0 Å². The molecule has 0 unspecified atom stereocenters. The van der Waals surface area contributed by atoms with Crippen molar-refractivity contribution in [1.82, 2.24) is 4.90 Å². The Kier molecular flexibility index (Phi) is 5.22. The van der Waals surface area contributed by atoms with E-state index in [1.807, 2.05) is 37.4 Å². The molecule has 0 amide bonds. The summed E-state index contributed by atoms with van der Waals surface area (Å²) in [5, 5.41) is 0.662. The fraction of sp³-hybridized carbons (Fsp3) is 0.409. The first kappa shape index (κ1) is 18.5. The Morgan fingerprint density at radius 2 is 2.00 bits per heavy atom. The van der Waals surface area contributed by atoms with Gasteiger partial charge >= 0.3 is 0 Å². The van der Waals surface area contributed by atoms with Crippen LogP contribution in [-0.4, -0.2) is 24.5 Å². The number of benzene rings is 2. The van der Waals surface area contributed by atoms with Crippen LogP contribution in [0, 0.1) is 0 Å². The van der Waals surface area contributed by atoms with Crippen LogP contribution in [-0.2, 0) is 28.2 Å². The second-order valence-corrected chi connectivity index (χ2v) is 7.81. The number of hydrogen-bond acceptors (Lipinski definition) is 4. The third-order valence-electron chi connectivity index (χ3n) is 5.72. The van der Waals surface area contributed by atoms with Crippen molar-refractivity contribution in [2.24, 2.45) is 0 Å². The molecule has 5 heteroatoms. The number of carbonyl (C=O) groups excluding carboxylic acids is 1. The summed E-state index contributed by atoms with van der Waals surface area (Å²) in [5.41, 5.74) is 2.43. The number of likely N-dealkylation sites (N-methyl/N-ethyl adjacent to an activating group) is 1. The lowest BCUT2D eigenvalue weighted by Gasteiger charge is -2.44. The van der Waals surface area contributed by atoms with E-state index in [0.717, 1.165) is 41.7 Å². The smallest absolute Gasteiger partial charge is 0.189 e. The van der Waals surface area contributed by atoms with Crippen LogP contribution in [0.15, 0.2) is 42.5 Å². The highest BCUT2D eigenvalue weighted by molar-refractivity contribution is 6.30. The van der Waals surface area contributed by atoms with Crippen LogP contribution in [0.1, 0.15) is 42.4 Å². The van der Waals surface area contributed by atoms with Gasteiger partial charge in [0.05, 0.1) is 6.61 Å². The maximum Gasteiger partial charge on any atom is 0.189 e. The van der Waals surface area contributed by atoms with Gasteiger partial charge < -0.3 is 9.47 Å². The number of ether oxygens (including phenoxy) is 2. The highest BCUT2D eigenvalue weighted by atomic mass is 35.5. The summed E-state index contributed by atoms with van der Waals surface area (Å²) >= 11 is 6.33. The number of rotatable bonds is 4. The molecule has 1 aliphatic heterocycles. The second-order valence-electron chi connectivity index (χ2n) is 7.38. The fourth-order valence-corrected chi connectivity index (χ4v) is 4.68. The quantitative estimate of drug-likeness (QED) is 0.766. The van der Waals surface area contributed by atoms with Crippen LogP contribution in [0.2, 0.25) is 5.02 Å². The molecule has 2 aromatic carbocycles. The minimum absolute atomic E-state index is 0.244. The number of halogens is 1. The topological polar surface area (TPSA) is 38.8 Å². The molecule has 27 heavy (non-hydrogen) atoms. The van der Waals surface area contributed by atoms with Crippen molar-refractivity contribution in [2.75, 3.05) is 13.8 Å². The Balaban J connectivity index is 1.73. The van der Waals surface area contributed by atoms with E-state index in [-0.39, 0.29) is 6.79 Å². The average molecular weight is 386 g/mol. The molecule has 4 rings (SSSR count). The molecule has 0 aromatic heterocycles. The zero-order valence-electron chi connectivity index (χ0n) is 15.5. The Hall–Kier alpha value is -1.88. The molecule has 1 heterocycles. The second kappa shape index (κ2) is 7.63. The zero-order valence-corrected chi connectivity index (χ0v) is 16.3. The SMILES string of the molecule is CN(Cc1cc(Cl)cc2c1OCOC2)[C@]1(c2ccccc2)CCCCC1=O. The summed E-state index contributed by atoms with van der Waals surface area (Å²) in [6.45, 7) is 1.33. The Labute approximate surface area is 165 Å². The molecule has 1 aliphatic carbocycles. The van der Waals surface area contributed by atoms with Crippen molar-refractivity contribution in [1.29, 1.82) is 0 Å². The lowest BCUT2D eigenvalue weighted by atomic mass is 9.74. The van der Waals surface area contributed by atoms with Crippen molar-refractivity contribution in [3.8, 4) is 5.75 Å². The molecule has 0 spiro atoms. The predicted octanol–water partition coefficient (Wildman–Crippen LogP) is 4.68. The molecule has 4 nitrogen and oxygen atoms in total. The number of carbonyl (C=O) groups is 1. The lowest BCUT2D eigenvalue weighted by molar-refractivity contribution is -0.134. The summed E-state index contributed by atoms with van der Waals surface area (Å²) in [7, 11) is 2.03. The van der Waals surface area contributed by atoms with Crippen LogP contribution in [0.5, 0.6) is 5.75 Å². The number of nitrogens with zero attached hydrogens (tertiary/aromatic N) is 1. The molecule has 142 valence electrons. The third-order valence-corrected chi connectivity index (χ3v) is 5.93. The maximum atomic E-state index is 13.2. The monoisotopic (exact) mass is 385 g/mol. The fourth-order valence-electron chi connectivity index (χ4n) is 4.42. The van der Waals surface area contributed by atoms with Crippen molar-refractivity contribution < 1.29 is 14.3 Å². The third kappa shape index (κ3) is 3.38. The first-order valence-corrected chi connectivity index (χ1v) is 9.81. The Bertz CT molecular complexity index is 839. The van der Waals surface area contributed by atoms with E-state index in [1.165, 1.54) is 0 Å². The average Bonchev–Trinajstić information content (AvgIpc) is 2.69. The van der Waals surface area contributed by atoms with E-state index in [4.69, 9.17) is 21.1 Å². The summed E-state index contributed by atoms with van der Waals surface area (Å²) < 4.78 is 11.2. The van der Waals surface area contributed by atoms with Crippen molar-refractivity contribution in [2.45, 2.75) is 44.4 Å². The summed E-state index contributed by atoms with van der Waals surface area (Å²) in [4.78, 5) is 15.4. The summed E-state index contributed by atoms with van der Waals surface area (Å²) in [6, 6.07) is 14.0. The van der Waals surface area contributed by atoms with Gasteiger partial charge in [-0.1, -0.05) is 48.4 Å². The molecule has 0 N–H and O–H groups in total. The number of fused-ring (bicyclic) bond motifs is 1. The van der Waals surface area contributed by atoms with Gasteiger partial charge in [-0.3, -0.25) is 9.69 Å². The largest absolute Gasteiger partial charge is 0.467 e. The molecule has 2 aliphatic rings. The van der Waals surface area contributed by atoms with E-state index in [9.17, 15) is 4.79 Å². The minimum Gasteiger partial charge on any atom is -0.467 e. The highest BCUT2D eigenvalue weighted by Gasteiger charge is 2.44. The van der Waals surface area contributed by atoms with Gasteiger partial charge in [0.1, 0.15) is 11.3 Å². The number of hydrogen-bond donors (Lipinski definition) is 0. The van der Waals surface area contributed by atoms with Gasteiger partial charge in [-0.2, -0.15) is 0 Å². The van der Waals surface area contributed by atoms with Crippen LogP contribution < -0.4 is 4.74 Å². The predicted molar refractivity (Wildman–Crippen MR) is 105 cm³/mol. The first-order chi connectivity index (χ1) is 13.1. The summed E-state index contributed by atoms with van der Waals surface area (Å²) in [5.74, 6) is 1.13. The zero-order chi connectivity index (χ0) is 18.9. The number of Topliss-reactive ketones (excluding diaryl/α,β-unsaturated/α-hetero) is 1.